The number of hydrogen-bond donors (Lipinski definition) is 3. The van der Waals surface area contributed by atoms with Gasteiger partial charge in [-0.1, -0.05) is 306 Å². The number of carbonyl (C=O) groups is 2. The van der Waals surface area contributed by atoms with Crippen molar-refractivity contribution in [3.63, 3.8) is 0 Å². The zero-order valence-electron chi connectivity index (χ0n) is 51.4. The highest BCUT2D eigenvalue weighted by Gasteiger charge is 2.18. The molecule has 0 bridgehead atoms. The maximum Gasteiger partial charge on any atom is 0.305 e. The Labute approximate surface area is 479 Å². The third-order valence-corrected chi connectivity index (χ3v) is 15.5. The SMILES string of the molecule is CCCCC/C=C\C/C=C\CCCCCCCCCC(=O)OCCCCCCCCCCC/C=C\C/C=C\CCCCCCCCCCCCCC(=O)NC(CO)C(O)/C=C/CCCCCCCCCCCCCCCC. The normalized spacial score (nSPS) is 12.9. The molecule has 0 saturated carbocycles. The first kappa shape index (κ1) is 74.6. The van der Waals surface area contributed by atoms with Crippen LogP contribution in [0.5, 0.6) is 0 Å². The lowest BCUT2D eigenvalue weighted by Crippen LogP contribution is -2.45. The van der Waals surface area contributed by atoms with E-state index in [0.29, 0.717) is 19.4 Å². The van der Waals surface area contributed by atoms with E-state index in [2.05, 4.69) is 67.8 Å². The second-order valence-electron chi connectivity index (χ2n) is 23.1. The predicted molar refractivity (Wildman–Crippen MR) is 338 cm³/mol. The number of nitrogens with one attached hydrogen (secondary N) is 1. The molecule has 0 fully saturated rings. The van der Waals surface area contributed by atoms with Gasteiger partial charge in [0, 0.05) is 12.8 Å². The lowest BCUT2D eigenvalue weighted by atomic mass is 10.0. The number of unbranched alkanes of at least 4 members (excludes halogenated alkanes) is 44. The Morgan fingerprint density at radius 1 is 0.364 bits per heavy atom. The summed E-state index contributed by atoms with van der Waals surface area (Å²) in [6.45, 7) is 4.89. The molecule has 3 N–H and O–H groups in total. The van der Waals surface area contributed by atoms with E-state index in [4.69, 9.17) is 4.74 Å². The highest BCUT2D eigenvalue weighted by Crippen LogP contribution is 2.17. The van der Waals surface area contributed by atoms with E-state index in [1.807, 2.05) is 6.08 Å². The first-order chi connectivity index (χ1) is 38.0. The molecule has 0 aromatic rings. The van der Waals surface area contributed by atoms with Crippen molar-refractivity contribution in [3.8, 4) is 0 Å². The second-order valence-corrected chi connectivity index (χ2v) is 23.1. The number of carbonyl (C=O) groups excluding carboxylic acids is 2. The fraction of sp³-hybridized carbons (Fsp3) is 0.831. The molecular weight excluding hydrogens is 947 g/mol. The smallest absolute Gasteiger partial charge is 0.305 e. The molecule has 0 saturated heterocycles. The van der Waals surface area contributed by atoms with Crippen LogP contribution in [0.3, 0.4) is 0 Å². The molecule has 77 heavy (non-hydrogen) atoms. The van der Waals surface area contributed by atoms with Crippen molar-refractivity contribution in [2.75, 3.05) is 13.2 Å². The molecule has 2 atom stereocenters. The van der Waals surface area contributed by atoms with E-state index in [1.165, 1.54) is 270 Å². The van der Waals surface area contributed by atoms with Crippen LogP contribution < -0.4 is 5.32 Å². The summed E-state index contributed by atoms with van der Waals surface area (Å²) in [4.78, 5) is 24.6. The van der Waals surface area contributed by atoms with E-state index >= 15 is 0 Å². The number of aliphatic hydroxyl groups excluding tert-OH is 2. The Bertz CT molecular complexity index is 1340. The third kappa shape index (κ3) is 62.6. The number of aliphatic hydroxyl groups is 2. The minimum Gasteiger partial charge on any atom is -0.466 e. The largest absolute Gasteiger partial charge is 0.466 e. The summed E-state index contributed by atoms with van der Waals surface area (Å²) in [6, 6.07) is -0.632. The molecule has 0 spiro atoms. The van der Waals surface area contributed by atoms with Crippen LogP contribution in [-0.2, 0) is 14.3 Å². The van der Waals surface area contributed by atoms with Crippen molar-refractivity contribution in [3.05, 3.63) is 60.8 Å². The van der Waals surface area contributed by atoms with Crippen molar-refractivity contribution in [2.24, 2.45) is 0 Å². The molecular formula is C71H131NO5. The predicted octanol–water partition coefficient (Wildman–Crippen LogP) is 21.9. The van der Waals surface area contributed by atoms with Crippen LogP contribution in [0, 0.1) is 0 Å². The Morgan fingerprint density at radius 3 is 1.01 bits per heavy atom. The fourth-order valence-electron chi connectivity index (χ4n) is 10.3. The maximum absolute atomic E-state index is 12.5. The molecule has 2 unspecified atom stereocenters. The lowest BCUT2D eigenvalue weighted by Gasteiger charge is -2.20. The topological polar surface area (TPSA) is 95.9 Å². The number of ether oxygens (including phenoxy) is 1. The number of hydrogen-bond acceptors (Lipinski definition) is 5. The van der Waals surface area contributed by atoms with Crippen molar-refractivity contribution >= 4 is 11.9 Å². The van der Waals surface area contributed by atoms with Crippen LogP contribution in [-0.4, -0.2) is 47.4 Å². The molecule has 6 nitrogen and oxygen atoms in total. The Kier molecular flexibility index (Phi) is 64.0. The lowest BCUT2D eigenvalue weighted by molar-refractivity contribution is -0.143. The molecule has 0 aliphatic heterocycles. The van der Waals surface area contributed by atoms with Crippen molar-refractivity contribution in [1.82, 2.24) is 5.32 Å². The molecule has 1 amide bonds. The van der Waals surface area contributed by atoms with E-state index in [9.17, 15) is 19.8 Å². The minimum atomic E-state index is -0.848. The summed E-state index contributed by atoms with van der Waals surface area (Å²) >= 11 is 0. The number of amides is 1. The fourth-order valence-corrected chi connectivity index (χ4v) is 10.3. The molecule has 0 aliphatic rings. The Balaban J connectivity index is 3.44. The molecule has 6 heteroatoms. The van der Waals surface area contributed by atoms with Crippen LogP contribution in [0.1, 0.15) is 354 Å². The van der Waals surface area contributed by atoms with Gasteiger partial charge in [-0.15, -0.1) is 0 Å². The number of allylic oxidation sites excluding steroid dienone is 9. The van der Waals surface area contributed by atoms with Gasteiger partial charge >= 0.3 is 5.97 Å². The molecule has 0 heterocycles. The van der Waals surface area contributed by atoms with Gasteiger partial charge in [0.25, 0.3) is 0 Å². The molecule has 0 aromatic carbocycles. The molecule has 0 rings (SSSR count). The van der Waals surface area contributed by atoms with Gasteiger partial charge in [0.1, 0.15) is 0 Å². The molecule has 450 valence electrons. The highest BCUT2D eigenvalue weighted by molar-refractivity contribution is 5.76. The van der Waals surface area contributed by atoms with Gasteiger partial charge in [0.15, 0.2) is 0 Å². The van der Waals surface area contributed by atoms with E-state index in [0.717, 1.165) is 57.8 Å². The average molecular weight is 1080 g/mol. The summed E-state index contributed by atoms with van der Waals surface area (Å²) < 4.78 is 5.49. The third-order valence-electron chi connectivity index (χ3n) is 15.5. The summed E-state index contributed by atoms with van der Waals surface area (Å²) in [6.07, 6.45) is 87.1. The van der Waals surface area contributed by atoms with Crippen LogP contribution in [0.25, 0.3) is 0 Å². The van der Waals surface area contributed by atoms with Crippen LogP contribution >= 0.6 is 0 Å². The van der Waals surface area contributed by atoms with Crippen molar-refractivity contribution in [2.45, 2.75) is 366 Å². The zero-order chi connectivity index (χ0) is 55.7. The minimum absolute atomic E-state index is 0.00221. The first-order valence-corrected chi connectivity index (χ1v) is 34.1. The van der Waals surface area contributed by atoms with Gasteiger partial charge in [0.2, 0.25) is 5.91 Å². The molecule has 0 aliphatic carbocycles. The highest BCUT2D eigenvalue weighted by atomic mass is 16.5. The quantitative estimate of drug-likeness (QED) is 0.0320. The Hall–Kier alpha value is -2.44. The average Bonchev–Trinajstić information content (AvgIpc) is 3.43. The van der Waals surface area contributed by atoms with Gasteiger partial charge in [-0.25, -0.2) is 0 Å². The van der Waals surface area contributed by atoms with E-state index < -0.39 is 12.1 Å². The van der Waals surface area contributed by atoms with Crippen molar-refractivity contribution < 1.29 is 24.5 Å². The summed E-state index contributed by atoms with van der Waals surface area (Å²) in [7, 11) is 0. The zero-order valence-corrected chi connectivity index (χ0v) is 51.4. The van der Waals surface area contributed by atoms with Gasteiger partial charge in [-0.3, -0.25) is 9.59 Å². The van der Waals surface area contributed by atoms with Gasteiger partial charge in [-0.05, 0) is 96.3 Å². The van der Waals surface area contributed by atoms with E-state index in [-0.39, 0.29) is 18.5 Å². The number of rotatable bonds is 63. The summed E-state index contributed by atoms with van der Waals surface area (Å²) in [5.41, 5.74) is 0. The van der Waals surface area contributed by atoms with Crippen LogP contribution in [0.2, 0.25) is 0 Å². The first-order valence-electron chi connectivity index (χ1n) is 34.1. The van der Waals surface area contributed by atoms with E-state index in [1.54, 1.807) is 6.08 Å². The maximum atomic E-state index is 12.5. The Morgan fingerprint density at radius 2 is 0.649 bits per heavy atom. The monoisotopic (exact) mass is 1080 g/mol. The second kappa shape index (κ2) is 66.1. The summed E-state index contributed by atoms with van der Waals surface area (Å²) in [5.74, 6) is -0.0678. The number of esters is 1. The molecule has 0 aromatic heterocycles. The van der Waals surface area contributed by atoms with Gasteiger partial charge < -0.3 is 20.3 Å². The van der Waals surface area contributed by atoms with Gasteiger partial charge in [0.05, 0.1) is 25.4 Å². The summed E-state index contributed by atoms with van der Waals surface area (Å²) in [5, 5.41) is 23.2. The molecule has 0 radical (unpaired) electrons. The van der Waals surface area contributed by atoms with Crippen molar-refractivity contribution in [1.29, 1.82) is 0 Å². The van der Waals surface area contributed by atoms with Gasteiger partial charge in [-0.2, -0.15) is 0 Å². The standard InChI is InChI=1S/C71H131NO5/c1-3-5-7-9-11-13-15-17-19-32-37-41-45-49-53-57-61-65-71(76)77-66-62-58-54-50-46-42-38-34-31-29-27-25-23-21-22-24-26-28-30-33-36-40-44-48-52-56-60-64-70(75)72-68(67-73)69(74)63-59-55-51-47-43-39-35-20-18-16-14-12-10-8-6-4-2/h11,13,17,19,21-22,25,27,59,63,68-69,73-74H,3-10,12,14-16,18,20,23-24,26,28-58,60-62,64-67H2,1-2H3,(H,72,75)/b13-11-,19-17-,22-21-,27-25-,63-59+. The van der Waals surface area contributed by atoms with Crippen LogP contribution in [0.15, 0.2) is 60.8 Å². The van der Waals surface area contributed by atoms with Crippen LogP contribution in [0.4, 0.5) is 0 Å².